The van der Waals surface area contributed by atoms with Crippen LogP contribution in [0.25, 0.3) is 11.1 Å². The van der Waals surface area contributed by atoms with Crippen LogP contribution in [0.2, 0.25) is 0 Å². The van der Waals surface area contributed by atoms with E-state index in [1.165, 1.54) is 46.6 Å². The predicted octanol–water partition coefficient (Wildman–Crippen LogP) is 7.41. The van der Waals surface area contributed by atoms with E-state index in [1.807, 2.05) is 42.1 Å². The molecule has 2 aliphatic heterocycles. The number of benzene rings is 2. The van der Waals surface area contributed by atoms with E-state index in [9.17, 15) is 0 Å². The van der Waals surface area contributed by atoms with Crippen LogP contribution in [-0.2, 0) is 6.42 Å². The molecule has 0 fully saturated rings. The summed E-state index contributed by atoms with van der Waals surface area (Å²) < 4.78 is 23.7. The molecule has 0 atom stereocenters. The molecule has 232 valence electrons. The molecule has 0 bridgehead atoms. The third kappa shape index (κ3) is 10.3. The Labute approximate surface area is 278 Å². The molecule has 44 heavy (non-hydrogen) atoms. The third-order valence-electron chi connectivity index (χ3n) is 7.23. The fourth-order valence-electron chi connectivity index (χ4n) is 4.98. The average Bonchev–Trinajstić information content (AvgIpc) is 3.73. The molecule has 2 aliphatic rings. The molecule has 0 saturated heterocycles. The largest absolute Gasteiger partial charge is 0.493 e. The zero-order valence-electron chi connectivity index (χ0n) is 25.4. The quantitative estimate of drug-likeness (QED) is 0.114. The summed E-state index contributed by atoms with van der Waals surface area (Å²) in [6.07, 6.45) is 9.12. The number of likely N-dealkylation sites (N-methyl/N-ethyl adjacent to an activating group) is 2. The van der Waals surface area contributed by atoms with Gasteiger partial charge in [-0.25, -0.2) is 0 Å². The number of aryl methyl sites for hydroxylation is 1. The average molecular weight is 665 g/mol. The van der Waals surface area contributed by atoms with Gasteiger partial charge in [0, 0.05) is 31.9 Å². The van der Waals surface area contributed by atoms with Gasteiger partial charge in [0.25, 0.3) is 0 Å². The summed E-state index contributed by atoms with van der Waals surface area (Å²) in [5.41, 5.74) is 6.22. The minimum Gasteiger partial charge on any atom is -0.493 e. The van der Waals surface area contributed by atoms with Crippen LogP contribution in [0, 0.1) is 0 Å². The minimum absolute atomic E-state index is 0.671. The lowest BCUT2D eigenvalue weighted by Gasteiger charge is -2.22. The summed E-state index contributed by atoms with van der Waals surface area (Å²) in [5.74, 6) is 2.88. The van der Waals surface area contributed by atoms with E-state index in [0.29, 0.717) is 6.61 Å². The first kappa shape index (κ1) is 32.8. The Balaban J connectivity index is 0.000000175. The molecule has 0 unspecified atom stereocenters. The highest BCUT2D eigenvalue weighted by atomic mass is 32.2. The molecule has 0 radical (unpaired) electrons. The van der Waals surface area contributed by atoms with Crippen LogP contribution in [0.15, 0.2) is 82.9 Å². The van der Waals surface area contributed by atoms with Crippen molar-refractivity contribution in [3.05, 3.63) is 89.8 Å². The summed E-state index contributed by atoms with van der Waals surface area (Å²) in [4.78, 5) is 4.67. The second-order valence-corrected chi connectivity index (χ2v) is 14.0. The van der Waals surface area contributed by atoms with Gasteiger partial charge < -0.3 is 14.5 Å². The molecule has 0 saturated carbocycles. The Kier molecular flexibility index (Phi) is 13.3. The van der Waals surface area contributed by atoms with Crippen molar-refractivity contribution in [2.45, 2.75) is 35.7 Å². The van der Waals surface area contributed by atoms with E-state index in [4.69, 9.17) is 4.74 Å². The van der Waals surface area contributed by atoms with Gasteiger partial charge in [0.2, 0.25) is 0 Å². The molecule has 0 aliphatic carbocycles. The van der Waals surface area contributed by atoms with Gasteiger partial charge in [-0.3, -0.25) is 0 Å². The van der Waals surface area contributed by atoms with E-state index < -0.39 is 0 Å². The van der Waals surface area contributed by atoms with Crippen LogP contribution in [0.1, 0.15) is 36.2 Å². The van der Waals surface area contributed by atoms with Crippen molar-refractivity contribution >= 4 is 58.1 Å². The van der Waals surface area contributed by atoms with Gasteiger partial charge in [-0.1, -0.05) is 72.4 Å². The van der Waals surface area contributed by atoms with Crippen LogP contribution >= 0.6 is 47.0 Å². The van der Waals surface area contributed by atoms with Crippen LogP contribution < -0.4 is 4.74 Å². The van der Waals surface area contributed by atoms with Gasteiger partial charge in [0.1, 0.15) is 27.2 Å². The number of hydrogen-bond acceptors (Lipinski definition) is 11. The lowest BCUT2D eigenvalue weighted by Crippen LogP contribution is -2.25. The van der Waals surface area contributed by atoms with Crippen LogP contribution in [0.4, 0.5) is 0 Å². The Morgan fingerprint density at radius 1 is 0.705 bits per heavy atom. The van der Waals surface area contributed by atoms with Crippen molar-refractivity contribution in [3.63, 3.8) is 0 Å². The van der Waals surface area contributed by atoms with Crippen molar-refractivity contribution in [1.82, 2.24) is 27.3 Å². The summed E-state index contributed by atoms with van der Waals surface area (Å²) in [5, 5.41) is 2.14. The van der Waals surface area contributed by atoms with Gasteiger partial charge in [-0.15, -0.1) is 11.8 Å². The van der Waals surface area contributed by atoms with Crippen LogP contribution in [-0.4, -0.2) is 85.7 Å². The fraction of sp³-hybridized carbons (Fsp3) is 0.394. The highest BCUT2D eigenvalue weighted by molar-refractivity contribution is 7.99. The molecule has 6 rings (SSSR count). The van der Waals surface area contributed by atoms with Crippen molar-refractivity contribution in [1.29, 1.82) is 0 Å². The van der Waals surface area contributed by atoms with Crippen molar-refractivity contribution in [2.24, 2.45) is 0 Å². The number of ether oxygens (including phenoxy) is 1. The Bertz CT molecular complexity index is 1360. The number of aromatic nitrogens is 4. The number of rotatable bonds is 12. The molecule has 4 aromatic rings. The highest BCUT2D eigenvalue weighted by Crippen LogP contribution is 2.30. The maximum atomic E-state index is 5.72. The number of thioether (sulfide) groups is 2. The van der Waals surface area contributed by atoms with Crippen LogP contribution in [0.3, 0.4) is 0 Å². The van der Waals surface area contributed by atoms with E-state index in [2.05, 4.69) is 83.9 Å². The molecule has 7 nitrogen and oxygen atoms in total. The second kappa shape index (κ2) is 17.8. The number of nitrogens with zero attached hydrogens (tertiary/aromatic N) is 6. The first-order valence-electron chi connectivity index (χ1n) is 15.0. The number of para-hydroxylation sites is 1. The first-order chi connectivity index (χ1) is 21.7. The van der Waals surface area contributed by atoms with Crippen molar-refractivity contribution in [2.75, 3.05) is 58.4 Å². The van der Waals surface area contributed by atoms with Gasteiger partial charge in [0.15, 0.2) is 0 Å². The molecule has 0 amide bonds. The normalized spacial score (nSPS) is 15.7. The smallest absolute Gasteiger partial charge is 0.138 e. The van der Waals surface area contributed by atoms with Gasteiger partial charge in [-0.05, 0) is 74.4 Å². The minimum atomic E-state index is 0.671. The standard InChI is InChI=1S/C17H21N3S2.C16H19N3OS2/c1-20-11-5-10-15(13-20)16-17(19-22-18-16)21-12-6-9-14-7-3-2-4-8-14;1-19-9-5-6-13(12-19)15-16(18-22-17-15)21-11-10-20-14-7-3-2-4-8-14/h2-4,7-8,10H,5-6,9,11-13H2,1H3;2-4,6-8H,5,9-12H2,1H3. The van der Waals surface area contributed by atoms with E-state index in [1.54, 1.807) is 11.8 Å². The number of hydrogen-bond donors (Lipinski definition) is 0. The van der Waals surface area contributed by atoms with E-state index >= 15 is 0 Å². The predicted molar refractivity (Wildman–Crippen MR) is 188 cm³/mol. The topological polar surface area (TPSA) is 67.3 Å². The Morgan fingerprint density at radius 2 is 1.25 bits per heavy atom. The molecule has 2 aromatic heterocycles. The van der Waals surface area contributed by atoms with E-state index in [0.717, 1.165) is 84.1 Å². The van der Waals surface area contributed by atoms with Crippen molar-refractivity contribution < 1.29 is 4.74 Å². The maximum absolute atomic E-state index is 5.72. The first-order valence-corrected chi connectivity index (χ1v) is 18.5. The summed E-state index contributed by atoms with van der Waals surface area (Å²) >= 11 is 6.20. The highest BCUT2D eigenvalue weighted by Gasteiger charge is 2.18. The third-order valence-corrected chi connectivity index (χ3v) is 10.5. The maximum Gasteiger partial charge on any atom is 0.138 e. The van der Waals surface area contributed by atoms with Gasteiger partial charge in [0.05, 0.1) is 30.1 Å². The fourth-order valence-corrected chi connectivity index (χ4v) is 8.16. The zero-order chi connectivity index (χ0) is 30.4. The monoisotopic (exact) mass is 664 g/mol. The molecule has 11 heteroatoms. The lowest BCUT2D eigenvalue weighted by molar-refractivity contribution is 0.344. The van der Waals surface area contributed by atoms with Crippen LogP contribution in [0.5, 0.6) is 5.75 Å². The van der Waals surface area contributed by atoms with Crippen molar-refractivity contribution in [3.8, 4) is 5.75 Å². The molecule has 2 aromatic carbocycles. The van der Waals surface area contributed by atoms with Gasteiger partial charge >= 0.3 is 0 Å². The lowest BCUT2D eigenvalue weighted by atomic mass is 10.1. The Morgan fingerprint density at radius 3 is 1.82 bits per heavy atom. The molecule has 0 spiro atoms. The summed E-state index contributed by atoms with van der Waals surface area (Å²) in [6, 6.07) is 20.6. The molecular formula is C33H40N6OS4. The van der Waals surface area contributed by atoms with E-state index in [-0.39, 0.29) is 0 Å². The molecular weight excluding hydrogens is 625 g/mol. The SMILES string of the molecule is CN1CCC=C(c2nsnc2SCCCc2ccccc2)C1.CN1CCC=C(c2nsnc2SCCOc2ccccc2)C1. The van der Waals surface area contributed by atoms with Gasteiger partial charge in [-0.2, -0.15) is 17.5 Å². The molecule has 0 N–H and O–H groups in total. The Hall–Kier alpha value is -2.54. The zero-order valence-corrected chi connectivity index (χ0v) is 28.7. The summed E-state index contributed by atoms with van der Waals surface area (Å²) in [6.45, 7) is 4.88. The second-order valence-electron chi connectivity index (χ2n) is 10.8. The molecule has 4 heterocycles. The summed E-state index contributed by atoms with van der Waals surface area (Å²) in [7, 11) is 4.31.